The average Bonchev–Trinajstić information content (AvgIpc) is 1.97. The Morgan fingerprint density at radius 3 is 1.77 bits per heavy atom. The van der Waals surface area contributed by atoms with Crippen molar-refractivity contribution in [3.63, 3.8) is 0 Å². The summed E-state index contributed by atoms with van der Waals surface area (Å²) in [6, 6.07) is 0. The van der Waals surface area contributed by atoms with Gasteiger partial charge in [0.25, 0.3) is 0 Å². The number of allylic oxidation sites excluding steroid dienone is 2. The van der Waals surface area contributed by atoms with E-state index in [1.807, 2.05) is 0 Å². The van der Waals surface area contributed by atoms with Crippen LogP contribution >= 0.6 is 0 Å². The van der Waals surface area contributed by atoms with Crippen LogP contribution in [-0.2, 0) is 0 Å². The maximum Gasteiger partial charge on any atom is 0.0699 e. The predicted octanol–water partition coefficient (Wildman–Crippen LogP) is 3.98. The third kappa shape index (κ3) is 4.54. The SMILES string of the molecule is [B]C(C)C(C)CC(=C(C)C)C(C)C. The van der Waals surface area contributed by atoms with E-state index in [0.29, 0.717) is 17.7 Å². The lowest BCUT2D eigenvalue weighted by Gasteiger charge is -2.21. The summed E-state index contributed by atoms with van der Waals surface area (Å²) >= 11 is 0. The third-order valence-corrected chi connectivity index (χ3v) is 2.78. The Morgan fingerprint density at radius 1 is 1.08 bits per heavy atom. The molecule has 0 saturated heterocycles. The summed E-state index contributed by atoms with van der Waals surface area (Å²) in [5, 5.41) is 0. The highest BCUT2D eigenvalue weighted by Crippen LogP contribution is 2.27. The smallest absolute Gasteiger partial charge is 0.0699 e. The van der Waals surface area contributed by atoms with Gasteiger partial charge < -0.3 is 0 Å². The van der Waals surface area contributed by atoms with Gasteiger partial charge in [-0.2, -0.15) is 0 Å². The summed E-state index contributed by atoms with van der Waals surface area (Å²) < 4.78 is 0. The molecule has 0 amide bonds. The minimum Gasteiger partial charge on any atom is -0.0773 e. The van der Waals surface area contributed by atoms with Gasteiger partial charge in [0.1, 0.15) is 0 Å². The molecule has 0 aromatic rings. The summed E-state index contributed by atoms with van der Waals surface area (Å²) in [5.41, 5.74) is 3.03. The van der Waals surface area contributed by atoms with Crippen LogP contribution in [-0.4, -0.2) is 7.85 Å². The van der Waals surface area contributed by atoms with Crippen LogP contribution < -0.4 is 0 Å². The Hall–Kier alpha value is -0.195. The zero-order chi connectivity index (χ0) is 10.6. The van der Waals surface area contributed by atoms with Crippen molar-refractivity contribution in [2.24, 2.45) is 11.8 Å². The predicted molar refractivity (Wildman–Crippen MR) is 62.2 cm³/mol. The Labute approximate surface area is 85.2 Å². The van der Waals surface area contributed by atoms with Gasteiger partial charge in [0.05, 0.1) is 7.85 Å². The topological polar surface area (TPSA) is 0 Å². The molecule has 0 aliphatic heterocycles. The summed E-state index contributed by atoms with van der Waals surface area (Å²) in [6.45, 7) is 13.2. The Kier molecular flexibility index (Phi) is 5.43. The molecule has 0 fully saturated rings. The molecule has 0 saturated carbocycles. The summed E-state index contributed by atoms with van der Waals surface area (Å²) in [4.78, 5) is 0. The van der Waals surface area contributed by atoms with Crippen LogP contribution in [0.3, 0.4) is 0 Å². The highest BCUT2D eigenvalue weighted by Gasteiger charge is 2.12. The first-order chi connectivity index (χ1) is 5.86. The van der Waals surface area contributed by atoms with E-state index >= 15 is 0 Å². The summed E-state index contributed by atoms with van der Waals surface area (Å²) in [7, 11) is 5.86. The fraction of sp³-hybridized carbons (Fsp3) is 0.833. The molecule has 2 atom stereocenters. The van der Waals surface area contributed by atoms with Gasteiger partial charge in [0.2, 0.25) is 0 Å². The molecule has 74 valence electrons. The van der Waals surface area contributed by atoms with Crippen molar-refractivity contribution >= 4 is 7.85 Å². The Balaban J connectivity index is 4.38. The molecule has 0 aliphatic carbocycles. The lowest BCUT2D eigenvalue weighted by atomic mass is 9.74. The quantitative estimate of drug-likeness (QED) is 0.451. The van der Waals surface area contributed by atoms with Gasteiger partial charge in [-0.05, 0) is 32.1 Å². The maximum atomic E-state index is 5.86. The van der Waals surface area contributed by atoms with Crippen LogP contribution in [0.1, 0.15) is 48.0 Å². The molecule has 0 aromatic carbocycles. The Morgan fingerprint density at radius 2 is 1.54 bits per heavy atom. The van der Waals surface area contributed by atoms with Crippen LogP contribution in [0.25, 0.3) is 0 Å². The molecule has 13 heavy (non-hydrogen) atoms. The van der Waals surface area contributed by atoms with E-state index in [0.717, 1.165) is 6.42 Å². The summed E-state index contributed by atoms with van der Waals surface area (Å²) in [6.07, 6.45) is 1.15. The lowest BCUT2D eigenvalue weighted by molar-refractivity contribution is 0.522. The molecule has 2 radical (unpaired) electrons. The largest absolute Gasteiger partial charge is 0.0773 e. The minimum absolute atomic E-state index is 0.299. The highest BCUT2D eigenvalue weighted by molar-refractivity contribution is 6.11. The molecular formula is C12H23B. The average molecular weight is 178 g/mol. The first-order valence-electron chi connectivity index (χ1n) is 5.28. The first-order valence-corrected chi connectivity index (χ1v) is 5.28. The molecule has 0 spiro atoms. The zero-order valence-corrected chi connectivity index (χ0v) is 10.0. The second-order valence-corrected chi connectivity index (χ2v) is 4.72. The van der Waals surface area contributed by atoms with Crippen LogP contribution in [0.2, 0.25) is 5.82 Å². The maximum absolute atomic E-state index is 5.86. The van der Waals surface area contributed by atoms with Gasteiger partial charge in [0, 0.05) is 0 Å². The molecule has 0 aliphatic rings. The minimum atomic E-state index is 0.299. The van der Waals surface area contributed by atoms with Crippen molar-refractivity contribution in [3.8, 4) is 0 Å². The second kappa shape index (κ2) is 5.52. The number of rotatable bonds is 4. The van der Waals surface area contributed by atoms with Crippen molar-refractivity contribution in [1.29, 1.82) is 0 Å². The summed E-state index contributed by atoms with van der Waals surface area (Å²) in [5.74, 6) is 1.55. The van der Waals surface area contributed by atoms with Gasteiger partial charge in [-0.3, -0.25) is 0 Å². The monoisotopic (exact) mass is 178 g/mol. The van der Waals surface area contributed by atoms with Crippen molar-refractivity contribution in [2.75, 3.05) is 0 Å². The fourth-order valence-electron chi connectivity index (χ4n) is 1.55. The molecule has 0 bridgehead atoms. The standard InChI is InChI=1S/C12H23B/c1-8(2)12(9(3)4)7-10(5)11(6)13/h8,10-11H,7H2,1-6H3. The van der Waals surface area contributed by atoms with Gasteiger partial charge >= 0.3 is 0 Å². The third-order valence-electron chi connectivity index (χ3n) is 2.78. The van der Waals surface area contributed by atoms with Crippen LogP contribution in [0.5, 0.6) is 0 Å². The van der Waals surface area contributed by atoms with E-state index in [2.05, 4.69) is 41.5 Å². The van der Waals surface area contributed by atoms with Gasteiger partial charge in [-0.15, -0.1) is 0 Å². The Bertz CT molecular complexity index is 174. The van der Waals surface area contributed by atoms with E-state index in [-0.39, 0.29) is 0 Å². The molecule has 0 aromatic heterocycles. The molecular weight excluding hydrogens is 155 g/mol. The van der Waals surface area contributed by atoms with E-state index in [1.54, 1.807) is 5.57 Å². The first kappa shape index (κ1) is 12.8. The van der Waals surface area contributed by atoms with E-state index in [4.69, 9.17) is 7.85 Å². The van der Waals surface area contributed by atoms with Crippen LogP contribution in [0.4, 0.5) is 0 Å². The lowest BCUT2D eigenvalue weighted by Crippen LogP contribution is -2.07. The van der Waals surface area contributed by atoms with Gasteiger partial charge in [-0.25, -0.2) is 0 Å². The van der Waals surface area contributed by atoms with Crippen LogP contribution in [0.15, 0.2) is 11.1 Å². The van der Waals surface area contributed by atoms with E-state index < -0.39 is 0 Å². The number of hydrogen-bond acceptors (Lipinski definition) is 0. The molecule has 0 heterocycles. The molecule has 1 heteroatoms. The zero-order valence-electron chi connectivity index (χ0n) is 10.0. The van der Waals surface area contributed by atoms with Crippen molar-refractivity contribution < 1.29 is 0 Å². The molecule has 2 unspecified atom stereocenters. The molecule has 0 nitrogen and oxygen atoms in total. The molecule has 0 N–H and O–H groups in total. The van der Waals surface area contributed by atoms with Crippen molar-refractivity contribution in [2.45, 2.75) is 53.8 Å². The van der Waals surface area contributed by atoms with Crippen LogP contribution in [0, 0.1) is 11.8 Å². The highest BCUT2D eigenvalue weighted by atomic mass is 14.2. The fourth-order valence-corrected chi connectivity index (χ4v) is 1.55. The molecule has 0 rings (SSSR count). The second-order valence-electron chi connectivity index (χ2n) is 4.72. The van der Waals surface area contributed by atoms with Gasteiger partial charge in [-0.1, -0.05) is 44.7 Å². The number of hydrogen-bond donors (Lipinski definition) is 0. The van der Waals surface area contributed by atoms with Crippen molar-refractivity contribution in [1.82, 2.24) is 0 Å². The normalized spacial score (nSPS) is 15.6. The van der Waals surface area contributed by atoms with Gasteiger partial charge in [0.15, 0.2) is 0 Å². The van der Waals surface area contributed by atoms with E-state index in [1.165, 1.54) is 5.57 Å². The van der Waals surface area contributed by atoms with Crippen molar-refractivity contribution in [3.05, 3.63) is 11.1 Å². The van der Waals surface area contributed by atoms with E-state index in [9.17, 15) is 0 Å².